The summed E-state index contributed by atoms with van der Waals surface area (Å²) in [7, 11) is 0. The van der Waals surface area contributed by atoms with Gasteiger partial charge in [0.15, 0.2) is 5.69 Å². The van der Waals surface area contributed by atoms with Crippen LogP contribution in [0.3, 0.4) is 0 Å². The first-order valence-corrected chi connectivity index (χ1v) is 6.63. The maximum Gasteiger partial charge on any atom is 0.358 e. The first-order valence-electron chi connectivity index (χ1n) is 5.04. The molecule has 0 unspecified atom stereocenters. The van der Waals surface area contributed by atoms with Crippen LogP contribution in [0.15, 0.2) is 33.2 Å². The normalized spacial score (nSPS) is 10.5. The summed E-state index contributed by atoms with van der Waals surface area (Å²) < 4.78 is 6.51. The lowest BCUT2D eigenvalue weighted by molar-refractivity contribution is 0.0519. The van der Waals surface area contributed by atoms with E-state index in [1.165, 1.54) is 0 Å². The van der Waals surface area contributed by atoms with Gasteiger partial charge in [0.25, 0.3) is 0 Å². The smallest absolute Gasteiger partial charge is 0.358 e. The van der Waals surface area contributed by atoms with Crippen LogP contribution < -0.4 is 0 Å². The van der Waals surface area contributed by atoms with Gasteiger partial charge in [-0.1, -0.05) is 22.0 Å². The second-order valence-corrected chi connectivity index (χ2v) is 5.15. The van der Waals surface area contributed by atoms with Gasteiger partial charge >= 0.3 is 5.97 Å². The maximum absolute atomic E-state index is 11.7. The van der Waals surface area contributed by atoms with Gasteiger partial charge in [0, 0.05) is 9.86 Å². The number of aromatic nitrogens is 1. The van der Waals surface area contributed by atoms with Crippen molar-refractivity contribution in [3.05, 3.63) is 38.9 Å². The van der Waals surface area contributed by atoms with Gasteiger partial charge in [0.1, 0.15) is 0 Å². The van der Waals surface area contributed by atoms with Crippen LogP contribution in [0.5, 0.6) is 0 Å². The molecule has 88 valence electrons. The zero-order valence-corrected chi connectivity index (χ0v) is 12.2. The quantitative estimate of drug-likeness (QED) is 0.763. The van der Waals surface area contributed by atoms with Gasteiger partial charge in [-0.05, 0) is 41.1 Å². The summed E-state index contributed by atoms with van der Waals surface area (Å²) in [4.78, 5) is 16.0. The van der Waals surface area contributed by atoms with Gasteiger partial charge < -0.3 is 4.74 Å². The summed E-state index contributed by atoms with van der Waals surface area (Å²) in [6.07, 6.45) is 0. The minimum absolute atomic E-state index is 0.303. The molecule has 1 heterocycles. The minimum Gasteiger partial charge on any atom is -0.461 e. The van der Waals surface area contributed by atoms with Gasteiger partial charge in [0.2, 0.25) is 0 Å². The Bertz CT molecular complexity index is 584. The number of hydrogen-bond donors (Lipinski definition) is 0. The number of halogens is 2. The zero-order chi connectivity index (χ0) is 12.4. The van der Waals surface area contributed by atoms with E-state index in [-0.39, 0.29) is 0 Å². The Hall–Kier alpha value is -0.940. The molecule has 0 atom stereocenters. The number of ether oxygens (including phenoxy) is 1. The number of hydrogen-bond acceptors (Lipinski definition) is 3. The summed E-state index contributed by atoms with van der Waals surface area (Å²) in [6.45, 7) is 2.10. The lowest BCUT2D eigenvalue weighted by Gasteiger charge is -2.05. The predicted octanol–water partition coefficient (Wildman–Crippen LogP) is 3.94. The van der Waals surface area contributed by atoms with E-state index < -0.39 is 5.97 Å². The highest BCUT2D eigenvalue weighted by Crippen LogP contribution is 2.24. The molecule has 0 bridgehead atoms. The Balaban J connectivity index is 2.57. The first kappa shape index (κ1) is 12.5. The molecule has 0 fully saturated rings. The molecular weight excluding hydrogens is 350 g/mol. The second-order valence-electron chi connectivity index (χ2n) is 3.38. The van der Waals surface area contributed by atoms with Crippen LogP contribution in [0.25, 0.3) is 10.9 Å². The summed E-state index contributed by atoms with van der Waals surface area (Å²) in [5.74, 6) is -0.416. The molecule has 0 amide bonds. The van der Waals surface area contributed by atoms with Crippen LogP contribution in [-0.2, 0) is 4.74 Å². The lowest BCUT2D eigenvalue weighted by atomic mass is 10.2. The van der Waals surface area contributed by atoms with Gasteiger partial charge in [-0.15, -0.1) is 0 Å². The molecule has 2 aromatic rings. The number of fused-ring (bicyclic) bond motifs is 1. The van der Waals surface area contributed by atoms with Gasteiger partial charge in [0.05, 0.1) is 16.6 Å². The number of benzene rings is 1. The first-order chi connectivity index (χ1) is 8.11. The minimum atomic E-state index is -0.416. The van der Waals surface area contributed by atoms with E-state index in [9.17, 15) is 4.79 Å². The molecule has 0 saturated carbocycles. The van der Waals surface area contributed by atoms with Gasteiger partial charge in [-0.25, -0.2) is 9.78 Å². The van der Waals surface area contributed by atoms with Gasteiger partial charge in [-0.3, -0.25) is 0 Å². The van der Waals surface area contributed by atoms with Gasteiger partial charge in [-0.2, -0.15) is 0 Å². The average Bonchev–Trinajstić information content (AvgIpc) is 2.29. The van der Waals surface area contributed by atoms with E-state index in [2.05, 4.69) is 36.8 Å². The highest BCUT2D eigenvalue weighted by atomic mass is 79.9. The molecule has 1 aromatic carbocycles. The Morgan fingerprint density at radius 3 is 2.82 bits per heavy atom. The number of carbonyl (C=O) groups excluding carboxylic acids is 1. The zero-order valence-electron chi connectivity index (χ0n) is 9.04. The molecule has 2 rings (SSSR count). The molecule has 0 radical (unpaired) electrons. The summed E-state index contributed by atoms with van der Waals surface area (Å²) >= 11 is 6.71. The predicted molar refractivity (Wildman–Crippen MR) is 73.1 cm³/mol. The third-order valence-electron chi connectivity index (χ3n) is 2.20. The van der Waals surface area contributed by atoms with E-state index >= 15 is 0 Å². The number of nitrogens with zero attached hydrogens (tertiary/aromatic N) is 1. The summed E-state index contributed by atoms with van der Waals surface area (Å²) in [6, 6.07) is 7.60. The van der Waals surface area contributed by atoms with E-state index in [0.29, 0.717) is 16.8 Å². The Labute approximate surface area is 115 Å². The van der Waals surface area contributed by atoms with Crippen LogP contribution in [0.2, 0.25) is 0 Å². The Kier molecular flexibility index (Phi) is 3.79. The fourth-order valence-electron chi connectivity index (χ4n) is 1.46. The van der Waals surface area contributed by atoms with Crippen molar-refractivity contribution in [3.63, 3.8) is 0 Å². The van der Waals surface area contributed by atoms with E-state index in [1.807, 2.05) is 24.3 Å². The standard InChI is InChI=1S/C12H9Br2NO2/c1-2-17-12(16)11-9(14)5-7-3-4-8(13)6-10(7)15-11/h3-6H,2H2,1H3. The number of carbonyl (C=O) groups is 1. The topological polar surface area (TPSA) is 39.2 Å². The Morgan fingerprint density at radius 1 is 1.35 bits per heavy atom. The molecule has 0 aliphatic carbocycles. The molecule has 0 aliphatic heterocycles. The van der Waals surface area contributed by atoms with Crippen LogP contribution in [0.4, 0.5) is 0 Å². The highest BCUT2D eigenvalue weighted by Gasteiger charge is 2.14. The molecule has 0 saturated heterocycles. The van der Waals surface area contributed by atoms with Crippen LogP contribution in [0.1, 0.15) is 17.4 Å². The molecule has 0 aliphatic rings. The average molecular weight is 359 g/mol. The van der Waals surface area contributed by atoms with Crippen molar-refractivity contribution in [1.82, 2.24) is 4.98 Å². The fraction of sp³-hybridized carbons (Fsp3) is 0.167. The largest absolute Gasteiger partial charge is 0.461 e. The van der Waals surface area contributed by atoms with Crippen molar-refractivity contribution in [2.75, 3.05) is 6.61 Å². The fourth-order valence-corrected chi connectivity index (χ4v) is 2.30. The molecule has 0 spiro atoms. The maximum atomic E-state index is 11.7. The van der Waals surface area contributed by atoms with Crippen molar-refractivity contribution in [2.24, 2.45) is 0 Å². The van der Waals surface area contributed by atoms with Crippen molar-refractivity contribution in [1.29, 1.82) is 0 Å². The number of rotatable bonds is 2. The van der Waals surface area contributed by atoms with Crippen molar-refractivity contribution in [3.8, 4) is 0 Å². The third-order valence-corrected chi connectivity index (χ3v) is 3.30. The van der Waals surface area contributed by atoms with Crippen LogP contribution in [-0.4, -0.2) is 17.6 Å². The summed E-state index contributed by atoms with van der Waals surface area (Å²) in [5, 5.41) is 0.966. The molecule has 0 N–H and O–H groups in total. The van der Waals surface area contributed by atoms with Crippen molar-refractivity contribution >= 4 is 48.7 Å². The molecule has 1 aromatic heterocycles. The molecule has 17 heavy (non-hydrogen) atoms. The number of pyridine rings is 1. The third kappa shape index (κ3) is 2.66. The number of esters is 1. The van der Waals surface area contributed by atoms with E-state index in [0.717, 1.165) is 15.4 Å². The van der Waals surface area contributed by atoms with Crippen LogP contribution in [0, 0.1) is 0 Å². The van der Waals surface area contributed by atoms with Crippen molar-refractivity contribution < 1.29 is 9.53 Å². The van der Waals surface area contributed by atoms with Crippen LogP contribution >= 0.6 is 31.9 Å². The summed E-state index contributed by atoms with van der Waals surface area (Å²) in [5.41, 5.74) is 1.06. The second kappa shape index (κ2) is 5.14. The Morgan fingerprint density at radius 2 is 2.12 bits per heavy atom. The highest BCUT2D eigenvalue weighted by molar-refractivity contribution is 9.10. The molecule has 5 heteroatoms. The monoisotopic (exact) mass is 357 g/mol. The molecule has 3 nitrogen and oxygen atoms in total. The van der Waals surface area contributed by atoms with E-state index in [1.54, 1.807) is 6.92 Å². The SMILES string of the molecule is CCOC(=O)c1nc2cc(Br)ccc2cc1Br. The lowest BCUT2D eigenvalue weighted by Crippen LogP contribution is -2.08. The van der Waals surface area contributed by atoms with Crippen molar-refractivity contribution in [2.45, 2.75) is 6.92 Å². The molecular formula is C12H9Br2NO2. The van der Waals surface area contributed by atoms with E-state index in [4.69, 9.17) is 4.74 Å².